The minimum atomic E-state index is 0. The predicted molar refractivity (Wildman–Crippen MR) is 124 cm³/mol. The maximum atomic E-state index is 5.96. The van der Waals surface area contributed by atoms with Gasteiger partial charge in [-0.2, -0.15) is 0 Å². The summed E-state index contributed by atoms with van der Waals surface area (Å²) in [4.78, 5) is 4.37. The number of methoxy groups -OCH3 is 3. The standard InChI is InChI=1S/C20H28N4O3.HI/c1-25-11-10-22-17-7-4-15(5-8-17)13-23-20(21)24-14-16-6-9-18(26-2)19(12-16)27-3;/h4-9,12,22H,10-11,13-14H2,1-3H3,(H3,21,23,24);1H. The molecule has 0 amide bonds. The van der Waals surface area contributed by atoms with E-state index in [0.717, 1.165) is 23.4 Å². The highest BCUT2D eigenvalue weighted by Crippen LogP contribution is 2.27. The number of nitrogens with two attached hydrogens (primary N) is 1. The topological polar surface area (TPSA) is 90.1 Å². The van der Waals surface area contributed by atoms with E-state index in [4.69, 9.17) is 19.9 Å². The number of nitrogens with zero attached hydrogens (tertiary/aromatic N) is 1. The zero-order chi connectivity index (χ0) is 19.5. The molecule has 0 aliphatic carbocycles. The Morgan fingerprint density at radius 2 is 1.64 bits per heavy atom. The molecule has 0 aromatic heterocycles. The number of anilines is 1. The van der Waals surface area contributed by atoms with Crippen LogP contribution in [0.15, 0.2) is 47.5 Å². The molecule has 0 fully saturated rings. The Bertz CT molecular complexity index is 739. The molecule has 0 saturated carbocycles. The van der Waals surface area contributed by atoms with Gasteiger partial charge in [0.1, 0.15) is 0 Å². The molecule has 7 nitrogen and oxygen atoms in total. The molecule has 0 bridgehead atoms. The van der Waals surface area contributed by atoms with Crippen LogP contribution < -0.4 is 25.8 Å². The Morgan fingerprint density at radius 3 is 2.29 bits per heavy atom. The third-order valence-electron chi connectivity index (χ3n) is 3.94. The number of guanidine groups is 1. The number of nitrogens with one attached hydrogen (secondary N) is 2. The second kappa shape index (κ2) is 13.1. The van der Waals surface area contributed by atoms with Gasteiger partial charge in [-0.3, -0.25) is 0 Å². The summed E-state index contributed by atoms with van der Waals surface area (Å²) >= 11 is 0. The van der Waals surface area contributed by atoms with Gasteiger partial charge in [-0.15, -0.1) is 24.0 Å². The highest BCUT2D eigenvalue weighted by atomic mass is 127. The van der Waals surface area contributed by atoms with E-state index in [1.807, 2.05) is 42.5 Å². The molecule has 0 radical (unpaired) electrons. The number of benzene rings is 2. The summed E-state index contributed by atoms with van der Waals surface area (Å²) in [5.41, 5.74) is 9.14. The molecule has 4 N–H and O–H groups in total. The van der Waals surface area contributed by atoms with Crippen LogP contribution in [0.1, 0.15) is 11.1 Å². The Kier molecular flexibility index (Phi) is 11.1. The fraction of sp³-hybridized carbons (Fsp3) is 0.350. The summed E-state index contributed by atoms with van der Waals surface area (Å²) < 4.78 is 15.5. The van der Waals surface area contributed by atoms with Crippen molar-refractivity contribution >= 4 is 35.6 Å². The van der Waals surface area contributed by atoms with Crippen molar-refractivity contribution in [2.45, 2.75) is 13.1 Å². The smallest absolute Gasteiger partial charge is 0.189 e. The van der Waals surface area contributed by atoms with Crippen LogP contribution >= 0.6 is 24.0 Å². The van der Waals surface area contributed by atoms with Crippen molar-refractivity contribution in [2.24, 2.45) is 10.7 Å². The third-order valence-corrected chi connectivity index (χ3v) is 3.94. The largest absolute Gasteiger partial charge is 0.493 e. The number of ether oxygens (including phenoxy) is 3. The van der Waals surface area contributed by atoms with Crippen molar-refractivity contribution in [3.05, 3.63) is 53.6 Å². The van der Waals surface area contributed by atoms with E-state index in [2.05, 4.69) is 15.6 Å². The van der Waals surface area contributed by atoms with Crippen LogP contribution in [-0.4, -0.2) is 40.4 Å². The SMILES string of the molecule is COCCNc1ccc(CNC(N)=NCc2ccc(OC)c(OC)c2)cc1.I. The van der Waals surface area contributed by atoms with Crippen LogP contribution in [0.2, 0.25) is 0 Å². The number of hydrogen-bond acceptors (Lipinski definition) is 5. The minimum absolute atomic E-state index is 0. The van der Waals surface area contributed by atoms with Gasteiger partial charge < -0.3 is 30.6 Å². The second-order valence-corrected chi connectivity index (χ2v) is 5.86. The lowest BCUT2D eigenvalue weighted by Crippen LogP contribution is -2.31. The molecule has 0 saturated heterocycles. The molecule has 2 rings (SSSR count). The molecule has 0 atom stereocenters. The summed E-state index contributed by atoms with van der Waals surface area (Å²) in [6.07, 6.45) is 0. The van der Waals surface area contributed by atoms with Crippen molar-refractivity contribution < 1.29 is 14.2 Å². The van der Waals surface area contributed by atoms with Gasteiger partial charge in [0.15, 0.2) is 17.5 Å². The molecule has 0 spiro atoms. The molecule has 0 unspecified atom stereocenters. The number of aliphatic imine (C=N–C) groups is 1. The van der Waals surface area contributed by atoms with Crippen LogP contribution in [0.3, 0.4) is 0 Å². The number of hydrogen-bond donors (Lipinski definition) is 3. The zero-order valence-corrected chi connectivity index (χ0v) is 18.9. The van der Waals surface area contributed by atoms with E-state index in [1.54, 1.807) is 21.3 Å². The maximum absolute atomic E-state index is 5.96. The molecule has 154 valence electrons. The lowest BCUT2D eigenvalue weighted by molar-refractivity contribution is 0.211. The Hall–Kier alpha value is -2.20. The van der Waals surface area contributed by atoms with E-state index >= 15 is 0 Å². The highest BCUT2D eigenvalue weighted by Gasteiger charge is 2.04. The van der Waals surface area contributed by atoms with Gasteiger partial charge in [0, 0.05) is 25.9 Å². The molecule has 8 heteroatoms. The first kappa shape index (κ1) is 23.8. The van der Waals surface area contributed by atoms with Crippen LogP contribution in [0.4, 0.5) is 5.69 Å². The van der Waals surface area contributed by atoms with Gasteiger partial charge in [-0.05, 0) is 35.4 Å². The van der Waals surface area contributed by atoms with Gasteiger partial charge in [0.25, 0.3) is 0 Å². The Balaban J connectivity index is 0.00000392. The summed E-state index contributed by atoms with van der Waals surface area (Å²) in [7, 11) is 4.91. The molecule has 0 aliphatic rings. The lowest BCUT2D eigenvalue weighted by Gasteiger charge is -2.10. The summed E-state index contributed by atoms with van der Waals surface area (Å²) in [6, 6.07) is 13.8. The van der Waals surface area contributed by atoms with Crippen molar-refractivity contribution in [1.29, 1.82) is 0 Å². The van der Waals surface area contributed by atoms with Crippen molar-refractivity contribution in [3.8, 4) is 11.5 Å². The van der Waals surface area contributed by atoms with Crippen molar-refractivity contribution in [1.82, 2.24) is 5.32 Å². The second-order valence-electron chi connectivity index (χ2n) is 5.86. The quantitative estimate of drug-likeness (QED) is 0.201. The molecule has 0 aliphatic heterocycles. The fourth-order valence-corrected chi connectivity index (χ4v) is 2.44. The molecular weight excluding hydrogens is 471 g/mol. The average molecular weight is 500 g/mol. The molecular formula is C20H29IN4O3. The van der Waals surface area contributed by atoms with Gasteiger partial charge in [0.2, 0.25) is 0 Å². The molecule has 2 aromatic carbocycles. The monoisotopic (exact) mass is 500 g/mol. The van der Waals surface area contributed by atoms with E-state index < -0.39 is 0 Å². The molecule has 0 heterocycles. The summed E-state index contributed by atoms with van der Waals surface area (Å²) in [6.45, 7) is 2.53. The van der Waals surface area contributed by atoms with E-state index in [0.29, 0.717) is 37.2 Å². The Labute approximate surface area is 183 Å². The van der Waals surface area contributed by atoms with Crippen molar-refractivity contribution in [3.63, 3.8) is 0 Å². The normalized spacial score (nSPS) is 10.8. The first-order valence-corrected chi connectivity index (χ1v) is 8.72. The summed E-state index contributed by atoms with van der Waals surface area (Å²) in [5.74, 6) is 1.76. The number of rotatable bonds is 10. The highest BCUT2D eigenvalue weighted by molar-refractivity contribution is 14.0. The van der Waals surface area contributed by atoms with Crippen LogP contribution in [0.25, 0.3) is 0 Å². The minimum Gasteiger partial charge on any atom is -0.493 e. The number of halogens is 1. The van der Waals surface area contributed by atoms with Crippen LogP contribution in [0.5, 0.6) is 11.5 Å². The van der Waals surface area contributed by atoms with Gasteiger partial charge in [-0.25, -0.2) is 4.99 Å². The summed E-state index contributed by atoms with van der Waals surface area (Å²) in [5, 5.41) is 6.40. The first-order chi connectivity index (χ1) is 13.2. The van der Waals surface area contributed by atoms with Gasteiger partial charge >= 0.3 is 0 Å². The third kappa shape index (κ3) is 7.81. The van der Waals surface area contributed by atoms with Crippen LogP contribution in [0, 0.1) is 0 Å². The zero-order valence-electron chi connectivity index (χ0n) is 16.5. The van der Waals surface area contributed by atoms with Gasteiger partial charge in [0.05, 0.1) is 27.4 Å². The van der Waals surface area contributed by atoms with Gasteiger partial charge in [-0.1, -0.05) is 18.2 Å². The van der Waals surface area contributed by atoms with Crippen molar-refractivity contribution in [2.75, 3.05) is 39.8 Å². The molecule has 2 aromatic rings. The average Bonchev–Trinajstić information content (AvgIpc) is 2.71. The lowest BCUT2D eigenvalue weighted by atomic mass is 10.2. The maximum Gasteiger partial charge on any atom is 0.189 e. The van der Waals surface area contributed by atoms with Crippen LogP contribution in [-0.2, 0) is 17.8 Å². The van der Waals surface area contributed by atoms with E-state index in [9.17, 15) is 0 Å². The van der Waals surface area contributed by atoms with E-state index in [1.165, 1.54) is 0 Å². The van der Waals surface area contributed by atoms with E-state index in [-0.39, 0.29) is 24.0 Å². The first-order valence-electron chi connectivity index (χ1n) is 8.72. The predicted octanol–water partition coefficient (Wildman–Crippen LogP) is 2.98. The fourth-order valence-electron chi connectivity index (χ4n) is 2.44. The Morgan fingerprint density at radius 1 is 0.964 bits per heavy atom. The molecule has 28 heavy (non-hydrogen) atoms.